The third-order valence-corrected chi connectivity index (χ3v) is 4.09. The number of piperidine rings is 1. The maximum absolute atomic E-state index is 12.2. The van der Waals surface area contributed by atoms with Crippen LogP contribution in [0.4, 0.5) is 11.4 Å². The number of nitro benzene ring substituents is 1. The minimum atomic E-state index is -0.736. The van der Waals surface area contributed by atoms with Gasteiger partial charge in [0.25, 0.3) is 5.69 Å². The normalized spacial score (nSPS) is 15.9. The third-order valence-electron chi connectivity index (χ3n) is 4.09. The molecular formula is C15H20N4O4. The van der Waals surface area contributed by atoms with Crippen molar-refractivity contribution in [2.45, 2.75) is 18.9 Å². The molecule has 124 valence electrons. The van der Waals surface area contributed by atoms with Crippen molar-refractivity contribution in [3.8, 4) is 0 Å². The van der Waals surface area contributed by atoms with E-state index in [0.717, 1.165) is 25.9 Å². The SMILES string of the molecule is CN1CCC(N(C)C(=O)C(=O)Nc2ccc([N+](=O)[O-])cc2)CC1. The second-order valence-electron chi connectivity index (χ2n) is 5.71. The number of nitrogens with zero attached hydrogens (tertiary/aromatic N) is 3. The van der Waals surface area contributed by atoms with E-state index in [9.17, 15) is 19.7 Å². The molecule has 2 rings (SSSR count). The zero-order valence-corrected chi connectivity index (χ0v) is 13.2. The second kappa shape index (κ2) is 7.19. The van der Waals surface area contributed by atoms with Crippen molar-refractivity contribution in [1.29, 1.82) is 0 Å². The number of likely N-dealkylation sites (tertiary alicyclic amines) is 1. The predicted molar refractivity (Wildman–Crippen MR) is 85.0 cm³/mol. The molecule has 0 atom stereocenters. The fraction of sp³-hybridized carbons (Fsp3) is 0.467. The Hall–Kier alpha value is -2.48. The van der Waals surface area contributed by atoms with E-state index in [-0.39, 0.29) is 11.7 Å². The highest BCUT2D eigenvalue weighted by Gasteiger charge is 2.27. The number of benzene rings is 1. The van der Waals surface area contributed by atoms with E-state index in [0.29, 0.717) is 5.69 Å². The smallest absolute Gasteiger partial charge is 0.313 e. The Labute approximate surface area is 134 Å². The summed E-state index contributed by atoms with van der Waals surface area (Å²) in [5, 5.41) is 13.1. The standard InChI is InChI=1S/C15H20N4O4/c1-17-9-7-12(8-10-17)18(2)15(21)14(20)16-11-3-5-13(6-4-11)19(22)23/h3-6,12H,7-10H2,1-2H3,(H,16,20). The Morgan fingerprint density at radius 1 is 1.26 bits per heavy atom. The fourth-order valence-electron chi connectivity index (χ4n) is 2.56. The first-order chi connectivity index (χ1) is 10.9. The molecule has 0 aliphatic carbocycles. The van der Waals surface area contributed by atoms with Gasteiger partial charge in [0.1, 0.15) is 0 Å². The fourth-order valence-corrected chi connectivity index (χ4v) is 2.56. The number of hydrogen-bond donors (Lipinski definition) is 1. The van der Waals surface area contributed by atoms with Crippen molar-refractivity contribution in [2.24, 2.45) is 0 Å². The summed E-state index contributed by atoms with van der Waals surface area (Å²) in [5.74, 6) is -1.34. The summed E-state index contributed by atoms with van der Waals surface area (Å²) >= 11 is 0. The Morgan fingerprint density at radius 3 is 2.35 bits per heavy atom. The number of hydrogen-bond acceptors (Lipinski definition) is 5. The molecule has 1 saturated heterocycles. The van der Waals surface area contributed by atoms with Gasteiger partial charge < -0.3 is 15.1 Å². The molecule has 0 unspecified atom stereocenters. The summed E-state index contributed by atoms with van der Waals surface area (Å²) in [6, 6.07) is 5.42. The van der Waals surface area contributed by atoms with Crippen molar-refractivity contribution >= 4 is 23.2 Å². The van der Waals surface area contributed by atoms with Crippen LogP contribution in [0.25, 0.3) is 0 Å². The Morgan fingerprint density at radius 2 is 1.83 bits per heavy atom. The van der Waals surface area contributed by atoms with Gasteiger partial charge in [-0.1, -0.05) is 0 Å². The van der Waals surface area contributed by atoms with Gasteiger partial charge in [0.2, 0.25) is 0 Å². The molecule has 1 fully saturated rings. The van der Waals surface area contributed by atoms with Crippen LogP contribution in [0.5, 0.6) is 0 Å². The zero-order chi connectivity index (χ0) is 17.0. The molecule has 1 aromatic rings. The number of anilines is 1. The number of nitrogens with one attached hydrogen (secondary N) is 1. The number of non-ortho nitro benzene ring substituents is 1. The van der Waals surface area contributed by atoms with Crippen LogP contribution in [0.1, 0.15) is 12.8 Å². The van der Waals surface area contributed by atoms with Crippen molar-refractivity contribution < 1.29 is 14.5 Å². The first-order valence-electron chi connectivity index (χ1n) is 7.39. The molecule has 1 aromatic carbocycles. The molecular weight excluding hydrogens is 300 g/mol. The van der Waals surface area contributed by atoms with Gasteiger partial charge in [0.15, 0.2) is 0 Å². The molecule has 0 aromatic heterocycles. The van der Waals surface area contributed by atoms with Crippen LogP contribution < -0.4 is 5.32 Å². The number of likely N-dealkylation sites (N-methyl/N-ethyl adjacent to an activating group) is 1. The zero-order valence-electron chi connectivity index (χ0n) is 13.2. The highest BCUT2D eigenvalue weighted by Crippen LogP contribution is 2.17. The average Bonchev–Trinajstić information content (AvgIpc) is 2.54. The van der Waals surface area contributed by atoms with Crippen LogP contribution in [0.15, 0.2) is 24.3 Å². The number of carbonyl (C=O) groups is 2. The van der Waals surface area contributed by atoms with Gasteiger partial charge in [0.05, 0.1) is 4.92 Å². The minimum Gasteiger partial charge on any atom is -0.334 e. The van der Waals surface area contributed by atoms with Gasteiger partial charge in [-0.3, -0.25) is 19.7 Å². The quantitative estimate of drug-likeness (QED) is 0.511. The van der Waals surface area contributed by atoms with Gasteiger partial charge in [-0.15, -0.1) is 0 Å². The molecule has 23 heavy (non-hydrogen) atoms. The molecule has 1 aliphatic rings. The van der Waals surface area contributed by atoms with Crippen LogP contribution in [0, 0.1) is 10.1 Å². The molecule has 0 bridgehead atoms. The van der Waals surface area contributed by atoms with Gasteiger partial charge in [-0.2, -0.15) is 0 Å². The van der Waals surface area contributed by atoms with Crippen LogP contribution in [-0.2, 0) is 9.59 Å². The van der Waals surface area contributed by atoms with E-state index < -0.39 is 16.7 Å². The molecule has 8 nitrogen and oxygen atoms in total. The van der Waals surface area contributed by atoms with Crippen molar-refractivity contribution in [3.05, 3.63) is 34.4 Å². The minimum absolute atomic E-state index is 0.0568. The van der Waals surface area contributed by atoms with Crippen LogP contribution in [0.3, 0.4) is 0 Å². The number of rotatable bonds is 3. The van der Waals surface area contributed by atoms with Gasteiger partial charge in [-0.25, -0.2) is 0 Å². The molecule has 8 heteroatoms. The molecule has 2 amide bonds. The summed E-state index contributed by atoms with van der Waals surface area (Å²) in [6.45, 7) is 1.79. The summed E-state index contributed by atoms with van der Waals surface area (Å²) in [4.78, 5) is 38.0. The largest absolute Gasteiger partial charge is 0.334 e. The van der Waals surface area contributed by atoms with E-state index in [2.05, 4.69) is 10.2 Å². The number of carbonyl (C=O) groups excluding carboxylic acids is 2. The highest BCUT2D eigenvalue weighted by molar-refractivity contribution is 6.39. The van der Waals surface area contributed by atoms with E-state index in [1.54, 1.807) is 7.05 Å². The van der Waals surface area contributed by atoms with Crippen LogP contribution in [-0.4, -0.2) is 59.8 Å². The molecule has 1 N–H and O–H groups in total. The average molecular weight is 320 g/mol. The Bertz CT molecular complexity index is 594. The summed E-state index contributed by atoms with van der Waals surface area (Å²) < 4.78 is 0. The van der Waals surface area contributed by atoms with Gasteiger partial charge in [0, 0.05) is 30.9 Å². The monoisotopic (exact) mass is 320 g/mol. The predicted octanol–water partition coefficient (Wildman–Crippen LogP) is 1.09. The number of amides is 2. The van der Waals surface area contributed by atoms with E-state index in [1.165, 1.54) is 29.2 Å². The molecule has 1 aliphatic heterocycles. The lowest BCUT2D eigenvalue weighted by Crippen LogP contribution is -2.47. The van der Waals surface area contributed by atoms with Crippen molar-refractivity contribution in [2.75, 3.05) is 32.5 Å². The maximum atomic E-state index is 12.2. The van der Waals surface area contributed by atoms with E-state index in [4.69, 9.17) is 0 Å². The van der Waals surface area contributed by atoms with Crippen LogP contribution >= 0.6 is 0 Å². The lowest BCUT2D eigenvalue weighted by molar-refractivity contribution is -0.384. The van der Waals surface area contributed by atoms with Crippen LogP contribution in [0.2, 0.25) is 0 Å². The Balaban J connectivity index is 1.94. The van der Waals surface area contributed by atoms with Gasteiger partial charge in [-0.05, 0) is 45.1 Å². The highest BCUT2D eigenvalue weighted by atomic mass is 16.6. The summed E-state index contributed by atoms with van der Waals surface area (Å²) in [7, 11) is 3.66. The molecule has 0 spiro atoms. The van der Waals surface area contributed by atoms with E-state index >= 15 is 0 Å². The van der Waals surface area contributed by atoms with Gasteiger partial charge >= 0.3 is 11.8 Å². The lowest BCUT2D eigenvalue weighted by Gasteiger charge is -2.34. The van der Waals surface area contributed by atoms with Crippen molar-refractivity contribution in [1.82, 2.24) is 9.80 Å². The van der Waals surface area contributed by atoms with E-state index in [1.807, 2.05) is 7.05 Å². The first kappa shape index (κ1) is 16.9. The van der Waals surface area contributed by atoms with Crippen molar-refractivity contribution in [3.63, 3.8) is 0 Å². The number of nitro groups is 1. The molecule has 1 heterocycles. The third kappa shape index (κ3) is 4.26. The summed E-state index contributed by atoms with van der Waals surface area (Å²) in [6.07, 6.45) is 1.67. The maximum Gasteiger partial charge on any atom is 0.313 e. The summed E-state index contributed by atoms with van der Waals surface area (Å²) in [5.41, 5.74) is 0.281. The first-order valence-corrected chi connectivity index (χ1v) is 7.39. The second-order valence-corrected chi connectivity index (χ2v) is 5.71. The molecule has 0 radical (unpaired) electrons. The topological polar surface area (TPSA) is 95.8 Å². The Kier molecular flexibility index (Phi) is 5.28. The molecule has 0 saturated carbocycles. The lowest BCUT2D eigenvalue weighted by atomic mass is 10.0.